The number of anilines is 1. The van der Waals surface area contributed by atoms with E-state index < -0.39 is 6.09 Å². The summed E-state index contributed by atoms with van der Waals surface area (Å²) < 4.78 is 5.86. The number of fused-ring (bicyclic) bond motifs is 1. The molecule has 0 spiro atoms. The molecule has 1 heterocycles. The number of carbonyl (C=O) groups is 1. The Morgan fingerprint density at radius 1 is 1.17 bits per heavy atom. The summed E-state index contributed by atoms with van der Waals surface area (Å²) in [5, 5.41) is 1.55. The van der Waals surface area contributed by atoms with Gasteiger partial charge in [-0.25, -0.2) is 9.86 Å². The number of benzene rings is 2. The maximum Gasteiger partial charge on any atom is 0.433 e. The predicted octanol–water partition coefficient (Wildman–Crippen LogP) is 2.78. The first-order chi connectivity index (χ1) is 11.5. The lowest BCUT2D eigenvalue weighted by Crippen LogP contribution is -2.45. The van der Waals surface area contributed by atoms with Crippen LogP contribution >= 0.6 is 0 Å². The Bertz CT molecular complexity index is 719. The van der Waals surface area contributed by atoms with Crippen LogP contribution in [-0.4, -0.2) is 37.7 Å². The summed E-state index contributed by atoms with van der Waals surface area (Å²) in [7, 11) is 3.29. The summed E-state index contributed by atoms with van der Waals surface area (Å²) in [6.45, 7) is 0.464. The first-order valence-electron chi connectivity index (χ1n) is 7.81. The lowest BCUT2D eigenvalue weighted by molar-refractivity contribution is 0.102. The Labute approximate surface area is 141 Å². The van der Waals surface area contributed by atoms with Gasteiger partial charge in [0.25, 0.3) is 0 Å². The second-order valence-corrected chi connectivity index (χ2v) is 5.98. The molecule has 0 radical (unpaired) electrons. The summed E-state index contributed by atoms with van der Waals surface area (Å²) in [5.41, 5.74) is 7.94. The number of carbonyl (C=O) groups excluding carboxylic acids is 1. The van der Waals surface area contributed by atoms with Crippen molar-refractivity contribution in [1.82, 2.24) is 4.90 Å². The quantitative estimate of drug-likeness (QED) is 0.939. The van der Waals surface area contributed by atoms with Gasteiger partial charge < -0.3 is 20.2 Å². The Hall–Kier alpha value is -2.73. The van der Waals surface area contributed by atoms with Gasteiger partial charge in [-0.15, -0.1) is 0 Å². The smallest absolute Gasteiger partial charge is 0.433 e. The Balaban J connectivity index is 1.82. The third-order valence-electron chi connectivity index (χ3n) is 3.73. The molecule has 0 bridgehead atoms. The molecule has 1 aliphatic rings. The molecule has 0 saturated heterocycles. The van der Waals surface area contributed by atoms with E-state index in [0.29, 0.717) is 13.0 Å². The second-order valence-electron chi connectivity index (χ2n) is 5.98. The number of ether oxygens (including phenoxy) is 1. The van der Waals surface area contributed by atoms with Gasteiger partial charge in [-0.1, -0.05) is 18.2 Å². The van der Waals surface area contributed by atoms with E-state index in [9.17, 15) is 4.79 Å². The van der Waals surface area contributed by atoms with Crippen LogP contribution in [0.4, 0.5) is 10.5 Å². The number of nitrogens with zero attached hydrogens (tertiary/aromatic N) is 2. The van der Waals surface area contributed by atoms with Gasteiger partial charge in [-0.3, -0.25) is 0 Å². The van der Waals surface area contributed by atoms with E-state index in [2.05, 4.69) is 0 Å². The number of rotatable bonds is 3. The standard InChI is InChI=1S/C18H21N3O3/c1-20(2)18(22)24-21-12-14(19)10-13-11-16(8-9-17(13)21)23-15-6-4-3-5-7-15/h3-9,11,14H,10,12,19H2,1-2H3/t14-/m0/s1. The predicted molar refractivity (Wildman–Crippen MR) is 92.2 cm³/mol. The van der Waals surface area contributed by atoms with E-state index in [0.717, 1.165) is 22.7 Å². The molecule has 24 heavy (non-hydrogen) atoms. The first-order valence-corrected chi connectivity index (χ1v) is 7.81. The molecule has 2 N–H and O–H groups in total. The SMILES string of the molecule is CN(C)C(=O)ON1C[C@@H](N)Cc2cc(Oc3ccccc3)ccc21. The first kappa shape index (κ1) is 16.1. The summed E-state index contributed by atoms with van der Waals surface area (Å²) >= 11 is 0. The highest BCUT2D eigenvalue weighted by atomic mass is 16.7. The highest BCUT2D eigenvalue weighted by molar-refractivity contribution is 5.69. The Morgan fingerprint density at radius 2 is 1.92 bits per heavy atom. The monoisotopic (exact) mass is 327 g/mol. The zero-order chi connectivity index (χ0) is 17.1. The van der Waals surface area contributed by atoms with Crippen LogP contribution in [0.1, 0.15) is 5.56 Å². The molecule has 6 nitrogen and oxygen atoms in total. The normalized spacial score (nSPS) is 16.3. The maximum absolute atomic E-state index is 11.8. The topological polar surface area (TPSA) is 68.0 Å². The molecule has 6 heteroatoms. The third kappa shape index (κ3) is 3.60. The maximum atomic E-state index is 11.8. The van der Waals surface area contributed by atoms with Crippen molar-refractivity contribution in [2.24, 2.45) is 5.73 Å². The van der Waals surface area contributed by atoms with Crippen LogP contribution in [0.25, 0.3) is 0 Å². The molecule has 1 amide bonds. The van der Waals surface area contributed by atoms with Crippen LogP contribution in [0.15, 0.2) is 48.5 Å². The van der Waals surface area contributed by atoms with Gasteiger partial charge >= 0.3 is 6.09 Å². The van der Waals surface area contributed by atoms with Crippen molar-refractivity contribution >= 4 is 11.8 Å². The van der Waals surface area contributed by atoms with Crippen LogP contribution in [0, 0.1) is 0 Å². The van der Waals surface area contributed by atoms with Gasteiger partial charge in [0.05, 0.1) is 12.2 Å². The molecular formula is C18H21N3O3. The van der Waals surface area contributed by atoms with Crippen molar-refractivity contribution in [3.05, 3.63) is 54.1 Å². The zero-order valence-electron chi connectivity index (χ0n) is 13.8. The molecular weight excluding hydrogens is 306 g/mol. The van der Waals surface area contributed by atoms with Crippen molar-refractivity contribution in [3.63, 3.8) is 0 Å². The number of hydrogen-bond donors (Lipinski definition) is 1. The third-order valence-corrected chi connectivity index (χ3v) is 3.73. The van der Waals surface area contributed by atoms with Crippen LogP contribution < -0.4 is 15.5 Å². The number of hydrogen-bond acceptors (Lipinski definition) is 5. The van der Waals surface area contributed by atoms with Crippen LogP contribution in [0.3, 0.4) is 0 Å². The number of amides is 1. The largest absolute Gasteiger partial charge is 0.457 e. The van der Waals surface area contributed by atoms with Gasteiger partial charge in [0, 0.05) is 20.1 Å². The minimum atomic E-state index is -0.431. The van der Waals surface area contributed by atoms with E-state index in [1.807, 2.05) is 48.5 Å². The van der Waals surface area contributed by atoms with E-state index in [4.69, 9.17) is 15.3 Å². The molecule has 0 unspecified atom stereocenters. The van der Waals surface area contributed by atoms with Gasteiger partial charge in [-0.2, -0.15) is 0 Å². The summed E-state index contributed by atoms with van der Waals surface area (Å²) in [4.78, 5) is 18.6. The average Bonchev–Trinajstić information content (AvgIpc) is 2.55. The number of hydroxylamine groups is 1. The van der Waals surface area contributed by atoms with Crippen molar-refractivity contribution < 1.29 is 14.4 Å². The number of para-hydroxylation sites is 1. The Kier molecular flexibility index (Phi) is 4.57. The highest BCUT2D eigenvalue weighted by Gasteiger charge is 2.26. The minimum absolute atomic E-state index is 0.112. The lowest BCUT2D eigenvalue weighted by Gasteiger charge is -2.33. The molecule has 1 atom stereocenters. The van der Waals surface area contributed by atoms with Gasteiger partial charge in [-0.05, 0) is 42.3 Å². The van der Waals surface area contributed by atoms with Crippen LogP contribution in [0.2, 0.25) is 0 Å². The van der Waals surface area contributed by atoms with Crippen molar-refractivity contribution in [2.45, 2.75) is 12.5 Å². The van der Waals surface area contributed by atoms with E-state index in [1.165, 1.54) is 4.90 Å². The summed E-state index contributed by atoms with van der Waals surface area (Å²) in [6.07, 6.45) is 0.275. The van der Waals surface area contributed by atoms with Crippen molar-refractivity contribution in [1.29, 1.82) is 0 Å². The van der Waals surface area contributed by atoms with Gasteiger partial charge in [0.2, 0.25) is 0 Å². The molecule has 2 aromatic rings. The van der Waals surface area contributed by atoms with E-state index in [-0.39, 0.29) is 6.04 Å². The summed E-state index contributed by atoms with van der Waals surface area (Å²) in [5.74, 6) is 1.50. The van der Waals surface area contributed by atoms with Crippen molar-refractivity contribution in [2.75, 3.05) is 25.7 Å². The molecule has 0 aliphatic carbocycles. The van der Waals surface area contributed by atoms with Gasteiger partial charge in [0.1, 0.15) is 11.5 Å². The lowest BCUT2D eigenvalue weighted by atomic mass is 10.00. The van der Waals surface area contributed by atoms with Gasteiger partial charge in [0.15, 0.2) is 0 Å². The zero-order valence-corrected chi connectivity index (χ0v) is 13.8. The van der Waals surface area contributed by atoms with E-state index in [1.54, 1.807) is 19.2 Å². The second kappa shape index (κ2) is 6.80. The van der Waals surface area contributed by atoms with Crippen LogP contribution in [-0.2, 0) is 11.3 Å². The van der Waals surface area contributed by atoms with Crippen LogP contribution in [0.5, 0.6) is 11.5 Å². The molecule has 2 aromatic carbocycles. The summed E-state index contributed by atoms with van der Waals surface area (Å²) in [6, 6.07) is 15.2. The fourth-order valence-electron chi connectivity index (χ4n) is 2.58. The molecule has 126 valence electrons. The fraction of sp³-hybridized carbons (Fsp3) is 0.278. The average molecular weight is 327 g/mol. The molecule has 0 aromatic heterocycles. The molecule has 0 saturated carbocycles. The molecule has 3 rings (SSSR count). The van der Waals surface area contributed by atoms with Crippen molar-refractivity contribution in [3.8, 4) is 11.5 Å². The molecule has 1 aliphatic heterocycles. The minimum Gasteiger partial charge on any atom is -0.457 e. The highest BCUT2D eigenvalue weighted by Crippen LogP contribution is 2.32. The Morgan fingerprint density at radius 3 is 2.62 bits per heavy atom. The van der Waals surface area contributed by atoms with E-state index >= 15 is 0 Å². The molecule has 0 fully saturated rings. The fourth-order valence-corrected chi connectivity index (χ4v) is 2.58. The number of nitrogens with two attached hydrogens (primary N) is 1.